The molecule has 3 rings (SSSR count). The molecule has 1 aliphatic rings. The van der Waals surface area contributed by atoms with Crippen molar-refractivity contribution in [2.45, 2.75) is 19.9 Å². The minimum absolute atomic E-state index is 0.232. The Morgan fingerprint density at radius 1 is 1.46 bits per heavy atom. The molecular formula is C15H16N4O4S. The molecule has 0 aliphatic carbocycles. The van der Waals surface area contributed by atoms with Crippen molar-refractivity contribution in [2.24, 2.45) is 0 Å². The van der Waals surface area contributed by atoms with E-state index in [0.29, 0.717) is 17.2 Å². The van der Waals surface area contributed by atoms with Crippen molar-refractivity contribution >= 4 is 29.2 Å². The van der Waals surface area contributed by atoms with Crippen LogP contribution in [0, 0.1) is 0 Å². The summed E-state index contributed by atoms with van der Waals surface area (Å²) >= 11 is 1.49. The fourth-order valence-corrected chi connectivity index (χ4v) is 3.56. The molecular weight excluding hydrogens is 332 g/mol. The summed E-state index contributed by atoms with van der Waals surface area (Å²) in [6.45, 7) is 3.35. The Bertz CT molecular complexity index is 796. The van der Waals surface area contributed by atoms with Gasteiger partial charge in [-0.3, -0.25) is 4.79 Å². The number of rotatable bonds is 5. The van der Waals surface area contributed by atoms with E-state index < -0.39 is 18.0 Å². The van der Waals surface area contributed by atoms with E-state index in [1.807, 2.05) is 17.5 Å². The number of hydrogen-bond donors (Lipinski definition) is 1. The van der Waals surface area contributed by atoms with Crippen LogP contribution in [0.5, 0.6) is 0 Å². The number of carboxylic acid groups (broad SMARTS) is 1. The highest BCUT2D eigenvalue weighted by Gasteiger charge is 2.38. The van der Waals surface area contributed by atoms with Gasteiger partial charge in [0.05, 0.1) is 12.2 Å². The third-order valence-corrected chi connectivity index (χ3v) is 4.63. The van der Waals surface area contributed by atoms with Gasteiger partial charge in [0.1, 0.15) is 18.9 Å². The van der Waals surface area contributed by atoms with Crippen LogP contribution in [0.3, 0.4) is 0 Å². The van der Waals surface area contributed by atoms with Crippen molar-refractivity contribution in [3.8, 4) is 0 Å². The van der Waals surface area contributed by atoms with Gasteiger partial charge >= 0.3 is 11.9 Å². The van der Waals surface area contributed by atoms with Gasteiger partial charge < -0.3 is 14.7 Å². The fourth-order valence-electron chi connectivity index (χ4n) is 2.74. The van der Waals surface area contributed by atoms with E-state index in [-0.39, 0.29) is 13.2 Å². The molecule has 9 heteroatoms. The molecule has 3 heterocycles. The molecule has 0 bridgehead atoms. The number of anilines is 1. The van der Waals surface area contributed by atoms with Crippen molar-refractivity contribution in [3.05, 3.63) is 40.0 Å². The molecule has 2 aromatic heterocycles. The normalized spacial score (nSPS) is 16.9. The van der Waals surface area contributed by atoms with Gasteiger partial charge in [0, 0.05) is 10.6 Å². The lowest BCUT2D eigenvalue weighted by Crippen LogP contribution is -2.39. The zero-order valence-corrected chi connectivity index (χ0v) is 14.0. The first-order valence-electron chi connectivity index (χ1n) is 7.34. The van der Waals surface area contributed by atoms with E-state index in [9.17, 15) is 14.7 Å². The van der Waals surface area contributed by atoms with E-state index in [0.717, 1.165) is 4.88 Å². The quantitative estimate of drug-likeness (QED) is 0.821. The van der Waals surface area contributed by atoms with E-state index in [1.54, 1.807) is 18.5 Å². The first-order chi connectivity index (χ1) is 11.5. The van der Waals surface area contributed by atoms with Crippen LogP contribution >= 0.6 is 11.3 Å². The number of esters is 1. The van der Waals surface area contributed by atoms with Gasteiger partial charge in [-0.1, -0.05) is 6.07 Å². The number of ether oxygens (including phenoxy) is 1. The molecule has 8 nitrogen and oxygen atoms in total. The average Bonchev–Trinajstić information content (AvgIpc) is 3.20. The Kier molecular flexibility index (Phi) is 4.34. The number of carbonyl (C=O) groups excluding carboxylic acids is 1. The highest BCUT2D eigenvalue weighted by Crippen LogP contribution is 2.39. The van der Waals surface area contributed by atoms with Crippen LogP contribution in [0.15, 0.2) is 35.1 Å². The fraction of sp³-hybridized carbons (Fsp3) is 0.333. The van der Waals surface area contributed by atoms with Crippen molar-refractivity contribution < 1.29 is 19.4 Å². The molecule has 126 valence electrons. The summed E-state index contributed by atoms with van der Waals surface area (Å²) in [5, 5.41) is 15.3. The van der Waals surface area contributed by atoms with Crippen LogP contribution in [0.2, 0.25) is 0 Å². The van der Waals surface area contributed by atoms with Crippen molar-refractivity contribution in [1.29, 1.82) is 0 Å². The van der Waals surface area contributed by atoms with E-state index in [2.05, 4.69) is 10.1 Å². The number of fused-ring (bicyclic) bond motifs is 1. The van der Waals surface area contributed by atoms with Crippen molar-refractivity contribution in [2.75, 3.05) is 18.1 Å². The second-order valence-electron chi connectivity index (χ2n) is 5.12. The number of aromatic nitrogens is 3. The summed E-state index contributed by atoms with van der Waals surface area (Å²) < 4.78 is 6.76. The SMILES string of the molecule is CCOC(=O)C1=C(C)N(CC(=O)O)c2ncnn2C1c1cccs1. The molecule has 0 radical (unpaired) electrons. The Morgan fingerprint density at radius 3 is 2.88 bits per heavy atom. The topological polar surface area (TPSA) is 97.6 Å². The zero-order valence-electron chi connectivity index (χ0n) is 13.2. The van der Waals surface area contributed by atoms with Gasteiger partial charge in [0.15, 0.2) is 0 Å². The van der Waals surface area contributed by atoms with Gasteiger partial charge in [-0.05, 0) is 25.3 Å². The lowest BCUT2D eigenvalue weighted by Gasteiger charge is -2.33. The van der Waals surface area contributed by atoms with E-state index >= 15 is 0 Å². The highest BCUT2D eigenvalue weighted by atomic mass is 32.1. The Balaban J connectivity index is 2.18. The highest BCUT2D eigenvalue weighted by molar-refractivity contribution is 7.10. The van der Waals surface area contributed by atoms with Gasteiger partial charge in [0.2, 0.25) is 5.95 Å². The van der Waals surface area contributed by atoms with E-state index in [4.69, 9.17) is 4.74 Å². The number of thiophene rings is 1. The van der Waals surface area contributed by atoms with Crippen molar-refractivity contribution in [3.63, 3.8) is 0 Å². The zero-order chi connectivity index (χ0) is 17.3. The second kappa shape index (κ2) is 6.44. The molecule has 1 atom stereocenters. The Morgan fingerprint density at radius 2 is 2.25 bits per heavy atom. The predicted octanol–water partition coefficient (Wildman–Crippen LogP) is 1.67. The minimum Gasteiger partial charge on any atom is -0.480 e. The molecule has 24 heavy (non-hydrogen) atoms. The summed E-state index contributed by atoms with van der Waals surface area (Å²) in [7, 11) is 0. The monoisotopic (exact) mass is 348 g/mol. The summed E-state index contributed by atoms with van der Waals surface area (Å²) in [6, 6.07) is 3.31. The number of hydrogen-bond acceptors (Lipinski definition) is 7. The molecule has 0 spiro atoms. The maximum absolute atomic E-state index is 12.6. The van der Waals surface area contributed by atoms with Crippen LogP contribution in [0.1, 0.15) is 24.8 Å². The molecule has 2 aromatic rings. The van der Waals surface area contributed by atoms with Gasteiger partial charge in [-0.25, -0.2) is 9.48 Å². The Hall–Kier alpha value is -2.68. The number of nitrogens with zero attached hydrogens (tertiary/aromatic N) is 4. The van der Waals surface area contributed by atoms with Crippen LogP contribution in [-0.4, -0.2) is 45.0 Å². The Labute approximate surface area is 142 Å². The molecule has 1 aliphatic heterocycles. The number of allylic oxidation sites excluding steroid dienone is 1. The second-order valence-corrected chi connectivity index (χ2v) is 6.10. The summed E-state index contributed by atoms with van der Waals surface area (Å²) in [6.07, 6.45) is 1.35. The molecule has 1 unspecified atom stereocenters. The molecule has 0 fully saturated rings. The standard InChI is InChI=1S/C15H16N4O4S/c1-3-23-14(22)12-9(2)18(7-11(20)21)15-16-8-17-19(15)13(12)10-5-4-6-24-10/h4-6,8,13H,3,7H2,1-2H3,(H,20,21). The molecule has 0 saturated carbocycles. The lowest BCUT2D eigenvalue weighted by molar-refractivity contribution is -0.139. The summed E-state index contributed by atoms with van der Waals surface area (Å²) in [5.74, 6) is -1.12. The van der Waals surface area contributed by atoms with Crippen LogP contribution in [0.4, 0.5) is 5.95 Å². The van der Waals surface area contributed by atoms with Crippen LogP contribution in [0.25, 0.3) is 0 Å². The molecule has 1 N–H and O–H groups in total. The first-order valence-corrected chi connectivity index (χ1v) is 8.22. The maximum atomic E-state index is 12.6. The molecule has 0 aromatic carbocycles. The number of carboxylic acids is 1. The van der Waals surface area contributed by atoms with Crippen LogP contribution in [-0.2, 0) is 14.3 Å². The van der Waals surface area contributed by atoms with Gasteiger partial charge in [-0.15, -0.1) is 11.3 Å². The number of aliphatic carboxylic acids is 1. The molecule has 0 saturated heterocycles. The first kappa shape index (κ1) is 16.2. The minimum atomic E-state index is -1.03. The largest absolute Gasteiger partial charge is 0.480 e. The van der Waals surface area contributed by atoms with Crippen molar-refractivity contribution in [1.82, 2.24) is 14.8 Å². The van der Waals surface area contributed by atoms with E-state index in [1.165, 1.54) is 22.6 Å². The number of carbonyl (C=O) groups is 2. The predicted molar refractivity (Wildman–Crippen MR) is 86.8 cm³/mol. The van der Waals surface area contributed by atoms with Gasteiger partial charge in [0.25, 0.3) is 0 Å². The smallest absolute Gasteiger partial charge is 0.338 e. The third kappa shape index (κ3) is 2.67. The lowest BCUT2D eigenvalue weighted by atomic mass is 10.0. The summed E-state index contributed by atoms with van der Waals surface area (Å²) in [5.41, 5.74) is 0.883. The third-order valence-electron chi connectivity index (χ3n) is 3.71. The van der Waals surface area contributed by atoms with Crippen LogP contribution < -0.4 is 4.90 Å². The van der Waals surface area contributed by atoms with Gasteiger partial charge in [-0.2, -0.15) is 10.1 Å². The maximum Gasteiger partial charge on any atom is 0.338 e. The average molecular weight is 348 g/mol. The summed E-state index contributed by atoms with van der Waals surface area (Å²) in [4.78, 5) is 30.3. The molecule has 0 amide bonds.